The maximum Gasteiger partial charge on any atom is 0.268 e. The molecular formula is C25H26N4OS. The van der Waals surface area contributed by atoms with Gasteiger partial charge in [-0.15, -0.1) is 11.3 Å². The number of aryl methyl sites for hydroxylation is 1. The van der Waals surface area contributed by atoms with E-state index in [1.165, 1.54) is 36.2 Å². The summed E-state index contributed by atoms with van der Waals surface area (Å²) in [5.74, 6) is -0.176. The van der Waals surface area contributed by atoms with E-state index in [0.29, 0.717) is 10.6 Å². The Hall–Kier alpha value is -3.12. The number of para-hydroxylation sites is 3. The van der Waals surface area contributed by atoms with E-state index in [-0.39, 0.29) is 5.91 Å². The molecule has 4 aromatic rings. The highest BCUT2D eigenvalue weighted by atomic mass is 32.1. The van der Waals surface area contributed by atoms with Crippen molar-refractivity contribution in [2.24, 2.45) is 0 Å². The molecule has 1 fully saturated rings. The SMILES string of the molecule is CCc1cccc2cc3c(N)c(C(=O)Nc4ccccc4N4CCCCC4)sc3nc12. The summed E-state index contributed by atoms with van der Waals surface area (Å²) in [6.07, 6.45) is 4.55. The van der Waals surface area contributed by atoms with E-state index < -0.39 is 0 Å². The lowest BCUT2D eigenvalue weighted by atomic mass is 10.1. The molecule has 3 N–H and O–H groups in total. The first kappa shape index (κ1) is 19.8. The van der Waals surface area contributed by atoms with E-state index in [1.807, 2.05) is 30.3 Å². The van der Waals surface area contributed by atoms with Crippen LogP contribution in [0.5, 0.6) is 0 Å². The third kappa shape index (κ3) is 3.61. The molecule has 6 heteroatoms. The van der Waals surface area contributed by atoms with Gasteiger partial charge in [0.2, 0.25) is 0 Å². The quantitative estimate of drug-likeness (QED) is 0.427. The number of hydrogen-bond donors (Lipinski definition) is 2. The van der Waals surface area contributed by atoms with E-state index in [0.717, 1.165) is 52.0 Å². The summed E-state index contributed by atoms with van der Waals surface area (Å²) in [5.41, 5.74) is 11.0. The Morgan fingerprint density at radius 2 is 1.94 bits per heavy atom. The summed E-state index contributed by atoms with van der Waals surface area (Å²) < 4.78 is 0. The molecule has 1 amide bonds. The second kappa shape index (κ2) is 8.19. The van der Waals surface area contributed by atoms with Crippen molar-refractivity contribution >= 4 is 55.4 Å². The topological polar surface area (TPSA) is 71.2 Å². The highest BCUT2D eigenvalue weighted by Gasteiger charge is 2.21. The summed E-state index contributed by atoms with van der Waals surface area (Å²) >= 11 is 1.36. The van der Waals surface area contributed by atoms with Gasteiger partial charge in [-0.3, -0.25) is 4.79 Å². The van der Waals surface area contributed by atoms with Crippen LogP contribution in [0.2, 0.25) is 0 Å². The molecule has 1 aliphatic heterocycles. The van der Waals surface area contributed by atoms with Gasteiger partial charge in [0, 0.05) is 23.9 Å². The van der Waals surface area contributed by atoms with Gasteiger partial charge >= 0.3 is 0 Å². The number of benzene rings is 2. The molecule has 0 atom stereocenters. The van der Waals surface area contributed by atoms with Crippen LogP contribution in [0, 0.1) is 0 Å². The van der Waals surface area contributed by atoms with E-state index in [9.17, 15) is 4.79 Å². The molecule has 158 valence electrons. The molecule has 0 bridgehead atoms. The largest absolute Gasteiger partial charge is 0.397 e. The zero-order valence-electron chi connectivity index (χ0n) is 17.6. The summed E-state index contributed by atoms with van der Waals surface area (Å²) in [6.45, 7) is 4.17. The smallest absolute Gasteiger partial charge is 0.268 e. The van der Waals surface area contributed by atoms with Crippen LogP contribution in [0.3, 0.4) is 0 Å². The van der Waals surface area contributed by atoms with Gasteiger partial charge in [-0.1, -0.05) is 37.3 Å². The number of aromatic nitrogens is 1. The first-order chi connectivity index (χ1) is 15.2. The van der Waals surface area contributed by atoms with Crippen LogP contribution < -0.4 is 16.0 Å². The minimum absolute atomic E-state index is 0.176. The van der Waals surface area contributed by atoms with Crippen molar-refractivity contribution in [1.29, 1.82) is 0 Å². The Morgan fingerprint density at radius 3 is 2.74 bits per heavy atom. The number of nitrogens with two attached hydrogens (primary N) is 1. The van der Waals surface area contributed by atoms with Crippen LogP contribution in [-0.2, 0) is 6.42 Å². The molecule has 5 rings (SSSR count). The van der Waals surface area contributed by atoms with E-state index in [1.54, 1.807) is 0 Å². The van der Waals surface area contributed by atoms with Crippen LogP contribution in [0.25, 0.3) is 21.1 Å². The average molecular weight is 431 g/mol. The van der Waals surface area contributed by atoms with Crippen LogP contribution in [-0.4, -0.2) is 24.0 Å². The Labute approximate surface area is 185 Å². The maximum absolute atomic E-state index is 13.2. The van der Waals surface area contributed by atoms with Crippen molar-refractivity contribution in [2.45, 2.75) is 32.6 Å². The van der Waals surface area contributed by atoms with Crippen molar-refractivity contribution in [1.82, 2.24) is 4.98 Å². The summed E-state index contributed by atoms with van der Waals surface area (Å²) in [4.78, 5) is 21.8. The molecule has 31 heavy (non-hydrogen) atoms. The van der Waals surface area contributed by atoms with Crippen LogP contribution in [0.15, 0.2) is 48.5 Å². The third-order valence-corrected chi connectivity index (χ3v) is 7.18. The fourth-order valence-electron chi connectivity index (χ4n) is 4.41. The fraction of sp³-hybridized carbons (Fsp3) is 0.280. The molecule has 0 saturated carbocycles. The number of thiophene rings is 1. The van der Waals surface area contributed by atoms with Crippen LogP contribution >= 0.6 is 11.3 Å². The Morgan fingerprint density at radius 1 is 1.13 bits per heavy atom. The number of nitrogens with zero attached hydrogens (tertiary/aromatic N) is 2. The van der Waals surface area contributed by atoms with Gasteiger partial charge < -0.3 is 16.0 Å². The van der Waals surface area contributed by atoms with Gasteiger partial charge in [0.25, 0.3) is 5.91 Å². The number of carbonyl (C=O) groups is 1. The lowest BCUT2D eigenvalue weighted by molar-refractivity contribution is 0.103. The number of fused-ring (bicyclic) bond motifs is 2. The second-order valence-corrected chi connectivity index (χ2v) is 9.05. The Kier molecular flexibility index (Phi) is 5.24. The molecule has 0 aliphatic carbocycles. The minimum atomic E-state index is -0.176. The highest BCUT2D eigenvalue weighted by Crippen LogP contribution is 2.36. The van der Waals surface area contributed by atoms with E-state index in [4.69, 9.17) is 10.7 Å². The lowest BCUT2D eigenvalue weighted by Crippen LogP contribution is -2.30. The number of rotatable bonds is 4. The molecule has 0 unspecified atom stereocenters. The molecule has 1 aliphatic rings. The van der Waals surface area contributed by atoms with E-state index >= 15 is 0 Å². The number of anilines is 3. The highest BCUT2D eigenvalue weighted by molar-refractivity contribution is 7.21. The number of nitrogen functional groups attached to an aromatic ring is 1. The van der Waals surface area contributed by atoms with Crippen molar-refractivity contribution < 1.29 is 4.79 Å². The van der Waals surface area contributed by atoms with Gasteiger partial charge in [-0.05, 0) is 49.4 Å². The molecule has 3 heterocycles. The summed E-state index contributed by atoms with van der Waals surface area (Å²) in [5, 5.41) is 5.01. The second-order valence-electron chi connectivity index (χ2n) is 8.05. The third-order valence-electron chi connectivity index (χ3n) is 6.06. The van der Waals surface area contributed by atoms with Crippen LogP contribution in [0.1, 0.15) is 41.4 Å². The Bertz CT molecular complexity index is 1270. The molecule has 2 aromatic heterocycles. The van der Waals surface area contributed by atoms with E-state index in [2.05, 4.69) is 35.3 Å². The number of hydrogen-bond acceptors (Lipinski definition) is 5. The van der Waals surface area contributed by atoms with Crippen molar-refractivity contribution in [3.8, 4) is 0 Å². The van der Waals surface area contributed by atoms with Crippen LogP contribution in [0.4, 0.5) is 17.1 Å². The monoisotopic (exact) mass is 430 g/mol. The summed E-state index contributed by atoms with van der Waals surface area (Å²) in [6, 6.07) is 16.3. The van der Waals surface area contributed by atoms with Gasteiger partial charge in [0.1, 0.15) is 9.71 Å². The Balaban J connectivity index is 1.51. The number of pyridine rings is 1. The average Bonchev–Trinajstić information content (AvgIpc) is 3.14. The number of piperidine rings is 1. The predicted octanol–water partition coefficient (Wildman–Crippen LogP) is 5.84. The summed E-state index contributed by atoms with van der Waals surface area (Å²) in [7, 11) is 0. The van der Waals surface area contributed by atoms with Gasteiger partial charge in [-0.25, -0.2) is 4.98 Å². The lowest BCUT2D eigenvalue weighted by Gasteiger charge is -2.30. The zero-order chi connectivity index (χ0) is 21.4. The fourth-order valence-corrected chi connectivity index (χ4v) is 5.38. The zero-order valence-corrected chi connectivity index (χ0v) is 18.5. The first-order valence-electron chi connectivity index (χ1n) is 10.9. The molecular weight excluding hydrogens is 404 g/mol. The number of carbonyl (C=O) groups excluding carboxylic acids is 1. The molecule has 2 aromatic carbocycles. The normalized spacial score (nSPS) is 14.3. The van der Waals surface area contributed by atoms with Gasteiger partial charge in [-0.2, -0.15) is 0 Å². The molecule has 5 nitrogen and oxygen atoms in total. The van der Waals surface area contributed by atoms with Gasteiger partial charge in [0.15, 0.2) is 0 Å². The van der Waals surface area contributed by atoms with Crippen molar-refractivity contribution in [3.05, 3.63) is 59.0 Å². The van der Waals surface area contributed by atoms with Gasteiger partial charge in [0.05, 0.1) is 22.6 Å². The maximum atomic E-state index is 13.2. The molecule has 0 radical (unpaired) electrons. The molecule has 0 spiro atoms. The minimum Gasteiger partial charge on any atom is -0.397 e. The predicted molar refractivity (Wildman–Crippen MR) is 131 cm³/mol. The molecule has 1 saturated heterocycles. The van der Waals surface area contributed by atoms with Crippen molar-refractivity contribution in [2.75, 3.05) is 29.0 Å². The van der Waals surface area contributed by atoms with Crippen molar-refractivity contribution in [3.63, 3.8) is 0 Å². The number of amides is 1. The number of nitrogens with one attached hydrogen (secondary N) is 1. The standard InChI is InChI=1S/C25H26N4OS/c1-2-16-9-8-10-17-15-18-21(26)23(31-25(18)28-22(16)17)24(30)27-19-11-4-5-12-20(19)29-13-6-3-7-14-29/h4-5,8-12,15H,2-3,6-7,13-14,26H2,1H3,(H,27,30). The first-order valence-corrected chi connectivity index (χ1v) is 11.7.